The summed E-state index contributed by atoms with van der Waals surface area (Å²) in [5.41, 5.74) is -1.74. The fourth-order valence-corrected chi connectivity index (χ4v) is 7.05. The van der Waals surface area contributed by atoms with Crippen LogP contribution in [0, 0.1) is 0 Å². The van der Waals surface area contributed by atoms with Gasteiger partial charge in [0.15, 0.2) is 5.82 Å². The fraction of sp³-hybridized carbons (Fsp3) is 0.406. The average Bonchev–Trinajstić information content (AvgIpc) is 3.55. The number of benzene rings is 3. The van der Waals surface area contributed by atoms with Gasteiger partial charge >= 0.3 is 12.4 Å². The van der Waals surface area contributed by atoms with Crippen LogP contribution in [0.1, 0.15) is 58.8 Å². The lowest BCUT2D eigenvalue weighted by molar-refractivity contribution is -0.143. The predicted octanol–water partition coefficient (Wildman–Crippen LogP) is 6.95. The number of alkyl halides is 6. The van der Waals surface area contributed by atoms with Gasteiger partial charge in [0.1, 0.15) is 6.73 Å². The van der Waals surface area contributed by atoms with E-state index >= 15 is 0 Å². The zero-order chi connectivity index (χ0) is 31.8. The van der Waals surface area contributed by atoms with Crippen molar-refractivity contribution in [2.24, 2.45) is 0 Å². The Kier molecular flexibility index (Phi) is 8.44. The Morgan fingerprint density at radius 2 is 1.49 bits per heavy atom. The Bertz CT molecular complexity index is 1560. The molecule has 0 radical (unpaired) electrons. The summed E-state index contributed by atoms with van der Waals surface area (Å²) >= 11 is 0. The summed E-state index contributed by atoms with van der Waals surface area (Å²) in [6.07, 6.45) is -8.78. The van der Waals surface area contributed by atoms with Crippen molar-refractivity contribution < 1.29 is 35.8 Å². The number of rotatable bonds is 9. The zero-order valence-corrected chi connectivity index (χ0v) is 24.3. The second kappa shape index (κ2) is 12.2. The number of halogens is 6. The molecule has 45 heavy (non-hydrogen) atoms. The van der Waals surface area contributed by atoms with Crippen molar-refractivity contribution in [3.63, 3.8) is 0 Å². The highest BCUT2D eigenvalue weighted by Gasteiger charge is 2.61. The van der Waals surface area contributed by atoms with Crippen molar-refractivity contribution in [2.45, 2.75) is 75.1 Å². The smallest absolute Gasteiger partial charge is 0.371 e. The molecule has 4 atom stereocenters. The summed E-state index contributed by atoms with van der Waals surface area (Å²) in [5.74, 6) is 0.490. The molecular formula is C32H31F6N5O2. The van der Waals surface area contributed by atoms with E-state index < -0.39 is 41.7 Å². The van der Waals surface area contributed by atoms with E-state index in [4.69, 9.17) is 9.47 Å². The number of tetrazole rings is 1. The molecule has 4 unspecified atom stereocenters. The van der Waals surface area contributed by atoms with Gasteiger partial charge in [0.25, 0.3) is 0 Å². The van der Waals surface area contributed by atoms with Crippen LogP contribution in [0.2, 0.25) is 0 Å². The number of ether oxygens (including phenoxy) is 2. The van der Waals surface area contributed by atoms with E-state index in [1.165, 1.54) is 0 Å². The first-order valence-electron chi connectivity index (χ1n) is 14.5. The van der Waals surface area contributed by atoms with Crippen LogP contribution in [0.15, 0.2) is 78.9 Å². The van der Waals surface area contributed by atoms with Gasteiger partial charge in [-0.3, -0.25) is 4.90 Å². The SMILES string of the molecule is COCn1nnnc1C1CC2(c3ccccc3)C(OCc3cc(C(F)(F)F)cc(C(F)(F)F)c3)CCC1N2Cc1ccccc1. The van der Waals surface area contributed by atoms with Crippen LogP contribution < -0.4 is 0 Å². The normalized spacial score (nSPS) is 23.8. The second-order valence-electron chi connectivity index (χ2n) is 11.5. The van der Waals surface area contributed by atoms with Gasteiger partial charge in [-0.15, -0.1) is 5.10 Å². The predicted molar refractivity (Wildman–Crippen MR) is 150 cm³/mol. The molecule has 0 aliphatic carbocycles. The third-order valence-corrected chi connectivity index (χ3v) is 8.88. The first kappa shape index (κ1) is 31.2. The number of nitrogens with zero attached hydrogens (tertiary/aromatic N) is 5. The molecule has 6 rings (SSSR count). The summed E-state index contributed by atoms with van der Waals surface area (Å²) in [6, 6.07) is 21.1. The van der Waals surface area contributed by atoms with E-state index in [1.54, 1.807) is 11.8 Å². The number of piperidine rings is 1. The van der Waals surface area contributed by atoms with Gasteiger partial charge in [0, 0.05) is 25.6 Å². The molecule has 0 amide bonds. The van der Waals surface area contributed by atoms with E-state index in [0.717, 1.165) is 23.3 Å². The Morgan fingerprint density at radius 3 is 2.11 bits per heavy atom. The topological polar surface area (TPSA) is 65.3 Å². The van der Waals surface area contributed by atoms with Gasteiger partial charge in [0.2, 0.25) is 0 Å². The molecule has 3 aromatic carbocycles. The lowest BCUT2D eigenvalue weighted by Crippen LogP contribution is -2.56. The van der Waals surface area contributed by atoms with Gasteiger partial charge in [-0.05, 0) is 64.6 Å². The molecule has 0 spiro atoms. The van der Waals surface area contributed by atoms with Crippen molar-refractivity contribution in [3.8, 4) is 0 Å². The number of fused-ring (bicyclic) bond motifs is 2. The maximum absolute atomic E-state index is 13.6. The second-order valence-corrected chi connectivity index (χ2v) is 11.5. The van der Waals surface area contributed by atoms with Gasteiger partial charge in [-0.25, -0.2) is 4.68 Å². The van der Waals surface area contributed by atoms with Crippen LogP contribution >= 0.6 is 0 Å². The van der Waals surface area contributed by atoms with Crippen LogP contribution in [0.25, 0.3) is 0 Å². The summed E-state index contributed by atoms with van der Waals surface area (Å²) < 4.78 is 95.1. The van der Waals surface area contributed by atoms with Crippen LogP contribution in [0.5, 0.6) is 0 Å². The third-order valence-electron chi connectivity index (χ3n) is 8.88. The minimum atomic E-state index is -4.95. The van der Waals surface area contributed by atoms with E-state index in [2.05, 4.69) is 20.4 Å². The van der Waals surface area contributed by atoms with Crippen molar-refractivity contribution in [1.29, 1.82) is 0 Å². The highest BCUT2D eigenvalue weighted by molar-refractivity contribution is 5.36. The Hall–Kier alpha value is -3.81. The molecule has 0 N–H and O–H groups in total. The molecule has 0 saturated carbocycles. The van der Waals surface area contributed by atoms with Gasteiger partial charge < -0.3 is 9.47 Å². The van der Waals surface area contributed by atoms with Crippen molar-refractivity contribution in [1.82, 2.24) is 25.1 Å². The monoisotopic (exact) mass is 631 g/mol. The molecule has 2 fully saturated rings. The highest BCUT2D eigenvalue weighted by atomic mass is 19.4. The Labute approximate surface area is 255 Å². The molecule has 2 bridgehead atoms. The van der Waals surface area contributed by atoms with Gasteiger partial charge in [-0.1, -0.05) is 60.7 Å². The lowest BCUT2D eigenvalue weighted by Gasteiger charge is -2.50. The summed E-state index contributed by atoms with van der Waals surface area (Å²) in [6.45, 7) is 0.256. The van der Waals surface area contributed by atoms with E-state index in [1.807, 2.05) is 60.7 Å². The first-order chi connectivity index (χ1) is 21.5. The molecule has 4 aromatic rings. The molecule has 2 saturated heterocycles. The molecule has 1 aromatic heterocycles. The van der Waals surface area contributed by atoms with E-state index in [0.29, 0.717) is 31.6 Å². The third kappa shape index (κ3) is 6.08. The van der Waals surface area contributed by atoms with Crippen LogP contribution in [-0.2, 0) is 47.2 Å². The molecule has 2 aliphatic rings. The summed E-state index contributed by atoms with van der Waals surface area (Å²) in [7, 11) is 1.55. The van der Waals surface area contributed by atoms with Crippen molar-refractivity contribution >= 4 is 0 Å². The lowest BCUT2D eigenvalue weighted by atomic mass is 9.78. The first-order valence-corrected chi connectivity index (χ1v) is 14.5. The Balaban J connectivity index is 1.42. The van der Waals surface area contributed by atoms with Crippen molar-refractivity contribution in [2.75, 3.05) is 7.11 Å². The van der Waals surface area contributed by atoms with Crippen LogP contribution in [0.4, 0.5) is 26.3 Å². The molecule has 13 heteroatoms. The highest BCUT2D eigenvalue weighted by Crippen LogP contribution is 2.57. The summed E-state index contributed by atoms with van der Waals surface area (Å²) in [4.78, 5) is 2.36. The number of aromatic nitrogens is 4. The van der Waals surface area contributed by atoms with Gasteiger partial charge in [0.05, 0.1) is 29.4 Å². The molecular weight excluding hydrogens is 600 g/mol. The zero-order valence-electron chi connectivity index (χ0n) is 24.3. The molecule has 2 aliphatic heterocycles. The Morgan fingerprint density at radius 1 is 0.844 bits per heavy atom. The van der Waals surface area contributed by atoms with Crippen LogP contribution in [-0.4, -0.2) is 44.4 Å². The maximum atomic E-state index is 13.6. The van der Waals surface area contributed by atoms with Gasteiger partial charge in [-0.2, -0.15) is 26.3 Å². The van der Waals surface area contributed by atoms with Crippen molar-refractivity contribution in [3.05, 3.63) is 113 Å². The largest absolute Gasteiger partial charge is 0.416 e. The minimum Gasteiger partial charge on any atom is -0.371 e. The minimum absolute atomic E-state index is 0.0303. The number of methoxy groups -OCH3 is 1. The van der Waals surface area contributed by atoms with Crippen LogP contribution in [0.3, 0.4) is 0 Å². The fourth-order valence-electron chi connectivity index (χ4n) is 7.05. The quantitative estimate of drug-likeness (QED) is 0.187. The summed E-state index contributed by atoms with van der Waals surface area (Å²) in [5, 5.41) is 12.4. The maximum Gasteiger partial charge on any atom is 0.416 e. The molecule has 7 nitrogen and oxygen atoms in total. The van der Waals surface area contributed by atoms with E-state index in [9.17, 15) is 26.3 Å². The van der Waals surface area contributed by atoms with E-state index in [-0.39, 0.29) is 30.3 Å². The number of hydrogen-bond donors (Lipinski definition) is 0. The average molecular weight is 632 g/mol. The standard InChI is InChI=1S/C32H31F6N5O2/c1-44-20-43-29(39-40-41-43)26-17-30(23-10-6-3-7-11-23)28(13-12-27(26)42(30)18-21-8-4-2-5-9-21)45-19-22-14-24(31(33,34)35)16-25(15-22)32(36,37)38/h2-11,14-16,26-28H,12-13,17-20H2,1H3. The number of hydrogen-bond acceptors (Lipinski definition) is 6. The molecule has 238 valence electrons. The molecule has 3 heterocycles.